The van der Waals surface area contributed by atoms with Crippen molar-refractivity contribution in [2.45, 2.75) is 6.42 Å². The van der Waals surface area contributed by atoms with Crippen molar-refractivity contribution in [1.29, 1.82) is 0 Å². The molecule has 1 aliphatic rings. The molecular formula is C20H26N4O4S. The van der Waals surface area contributed by atoms with Crippen LogP contribution < -0.4 is 5.32 Å². The molecule has 0 aliphatic carbocycles. The van der Waals surface area contributed by atoms with E-state index in [2.05, 4.69) is 5.32 Å². The largest absolute Gasteiger partial charge is 0.352 e. The van der Waals surface area contributed by atoms with Crippen LogP contribution in [0.2, 0.25) is 0 Å². The maximum absolute atomic E-state index is 12.4. The first kappa shape index (κ1) is 21.2. The minimum Gasteiger partial charge on any atom is -0.352 e. The fraction of sp³-hybridized carbons (Fsp3) is 0.400. The van der Waals surface area contributed by atoms with Gasteiger partial charge in [0.15, 0.2) is 0 Å². The minimum atomic E-state index is -3.45. The number of hydrogen-bond acceptors (Lipinski definition) is 4. The van der Waals surface area contributed by atoms with Crippen LogP contribution in [-0.4, -0.2) is 80.6 Å². The number of nitrogens with zero attached hydrogens (tertiary/aromatic N) is 3. The zero-order valence-electron chi connectivity index (χ0n) is 16.7. The maximum Gasteiger partial charge on any atom is 0.281 e. The lowest BCUT2D eigenvalue weighted by Crippen LogP contribution is -2.53. The van der Waals surface area contributed by atoms with E-state index in [1.807, 2.05) is 36.4 Å². The minimum absolute atomic E-state index is 0.0919. The summed E-state index contributed by atoms with van der Waals surface area (Å²) in [5.41, 5.74) is 0.554. The number of hydrogen-bond donors (Lipinski definition) is 1. The average Bonchev–Trinajstić information content (AvgIpc) is 2.73. The third-order valence-corrected chi connectivity index (χ3v) is 6.96. The molecule has 0 saturated carbocycles. The summed E-state index contributed by atoms with van der Waals surface area (Å²) in [6, 6.07) is 13.3. The standard InChI is InChI=1S/C20H26N4O4S/c1-22(2)29(27,28)24-13-11-23(12-14-24)19(25)9-10-21-20(26)18-8-7-16-5-3-4-6-17(16)15-18/h3-8,15H,9-14H2,1-2H3,(H,21,26). The first-order valence-corrected chi connectivity index (χ1v) is 10.9. The van der Waals surface area contributed by atoms with Crippen molar-refractivity contribution >= 4 is 32.8 Å². The monoisotopic (exact) mass is 418 g/mol. The predicted molar refractivity (Wildman–Crippen MR) is 112 cm³/mol. The van der Waals surface area contributed by atoms with Crippen molar-refractivity contribution in [3.63, 3.8) is 0 Å². The summed E-state index contributed by atoms with van der Waals surface area (Å²) in [6.45, 7) is 1.49. The Bertz CT molecular complexity index is 998. The van der Waals surface area contributed by atoms with Gasteiger partial charge in [0, 0.05) is 58.8 Å². The van der Waals surface area contributed by atoms with Crippen molar-refractivity contribution in [1.82, 2.24) is 18.8 Å². The Balaban J connectivity index is 1.47. The van der Waals surface area contributed by atoms with E-state index in [9.17, 15) is 18.0 Å². The van der Waals surface area contributed by atoms with Gasteiger partial charge in [0.05, 0.1) is 0 Å². The summed E-state index contributed by atoms with van der Waals surface area (Å²) < 4.78 is 26.8. The van der Waals surface area contributed by atoms with E-state index in [0.29, 0.717) is 18.7 Å². The number of rotatable bonds is 6. The molecule has 0 spiro atoms. The van der Waals surface area contributed by atoms with Gasteiger partial charge in [0.1, 0.15) is 0 Å². The van der Waals surface area contributed by atoms with Crippen LogP contribution in [0.15, 0.2) is 42.5 Å². The first-order valence-electron chi connectivity index (χ1n) is 9.51. The van der Waals surface area contributed by atoms with Crippen LogP contribution >= 0.6 is 0 Å². The van der Waals surface area contributed by atoms with Gasteiger partial charge in [0.25, 0.3) is 16.1 Å². The van der Waals surface area contributed by atoms with Gasteiger partial charge in [-0.1, -0.05) is 30.3 Å². The molecule has 0 atom stereocenters. The number of carbonyl (C=O) groups is 2. The molecule has 1 fully saturated rings. The van der Waals surface area contributed by atoms with Gasteiger partial charge in [-0.2, -0.15) is 17.0 Å². The van der Waals surface area contributed by atoms with Crippen molar-refractivity contribution in [3.8, 4) is 0 Å². The fourth-order valence-electron chi connectivity index (χ4n) is 3.27. The fourth-order valence-corrected chi connectivity index (χ4v) is 4.36. The van der Waals surface area contributed by atoms with E-state index in [-0.39, 0.29) is 37.9 Å². The number of benzene rings is 2. The van der Waals surface area contributed by atoms with Crippen LogP contribution in [0.1, 0.15) is 16.8 Å². The summed E-state index contributed by atoms with van der Waals surface area (Å²) in [7, 11) is -0.470. The second-order valence-corrected chi connectivity index (χ2v) is 9.28. The van der Waals surface area contributed by atoms with Gasteiger partial charge in [-0.25, -0.2) is 0 Å². The average molecular weight is 419 g/mol. The van der Waals surface area contributed by atoms with Crippen molar-refractivity contribution < 1.29 is 18.0 Å². The Kier molecular flexibility index (Phi) is 6.51. The zero-order chi connectivity index (χ0) is 21.0. The van der Waals surface area contributed by atoms with Crippen LogP contribution in [0.4, 0.5) is 0 Å². The molecule has 2 aromatic carbocycles. The second kappa shape index (κ2) is 8.89. The summed E-state index contributed by atoms with van der Waals surface area (Å²) in [5, 5.41) is 4.83. The number of nitrogens with one attached hydrogen (secondary N) is 1. The second-order valence-electron chi connectivity index (χ2n) is 7.14. The van der Waals surface area contributed by atoms with E-state index >= 15 is 0 Å². The highest BCUT2D eigenvalue weighted by molar-refractivity contribution is 7.86. The molecule has 1 N–H and O–H groups in total. The van der Waals surface area contributed by atoms with E-state index in [0.717, 1.165) is 10.8 Å². The van der Waals surface area contributed by atoms with E-state index < -0.39 is 10.2 Å². The molecule has 8 nitrogen and oxygen atoms in total. The van der Waals surface area contributed by atoms with Crippen LogP contribution in [0.3, 0.4) is 0 Å². The molecule has 2 aromatic rings. The van der Waals surface area contributed by atoms with Gasteiger partial charge in [-0.3, -0.25) is 9.59 Å². The third kappa shape index (κ3) is 4.92. The number of fused-ring (bicyclic) bond motifs is 1. The Morgan fingerprint density at radius 3 is 2.31 bits per heavy atom. The molecule has 0 radical (unpaired) electrons. The van der Waals surface area contributed by atoms with Crippen molar-refractivity contribution in [2.24, 2.45) is 0 Å². The van der Waals surface area contributed by atoms with Crippen LogP contribution in [-0.2, 0) is 15.0 Å². The molecule has 2 amide bonds. The molecule has 3 rings (SSSR count). The summed E-state index contributed by atoms with van der Waals surface area (Å²) in [6.07, 6.45) is 0.180. The Hall–Kier alpha value is -2.49. The molecule has 0 bridgehead atoms. The van der Waals surface area contributed by atoms with Crippen LogP contribution in [0, 0.1) is 0 Å². The van der Waals surface area contributed by atoms with Crippen molar-refractivity contribution in [2.75, 3.05) is 46.8 Å². The lowest BCUT2D eigenvalue weighted by Gasteiger charge is -2.35. The lowest BCUT2D eigenvalue weighted by atomic mass is 10.1. The molecule has 1 heterocycles. The highest BCUT2D eigenvalue weighted by Crippen LogP contribution is 2.15. The summed E-state index contributed by atoms with van der Waals surface area (Å²) in [4.78, 5) is 26.4. The highest BCUT2D eigenvalue weighted by atomic mass is 32.2. The van der Waals surface area contributed by atoms with Gasteiger partial charge < -0.3 is 10.2 Å². The SMILES string of the molecule is CN(C)S(=O)(=O)N1CCN(C(=O)CCNC(=O)c2ccc3ccccc3c2)CC1. The first-order chi connectivity index (χ1) is 13.8. The highest BCUT2D eigenvalue weighted by Gasteiger charge is 2.29. The number of carbonyl (C=O) groups excluding carboxylic acids is 2. The molecule has 1 saturated heterocycles. The zero-order valence-corrected chi connectivity index (χ0v) is 17.5. The van der Waals surface area contributed by atoms with Gasteiger partial charge in [-0.15, -0.1) is 0 Å². The lowest BCUT2D eigenvalue weighted by molar-refractivity contribution is -0.132. The summed E-state index contributed by atoms with van der Waals surface area (Å²) >= 11 is 0. The number of amides is 2. The van der Waals surface area contributed by atoms with E-state index in [1.165, 1.54) is 22.7 Å². The molecule has 9 heteroatoms. The van der Waals surface area contributed by atoms with Crippen LogP contribution in [0.25, 0.3) is 10.8 Å². The maximum atomic E-state index is 12.4. The number of piperazine rings is 1. The molecule has 156 valence electrons. The molecule has 0 aromatic heterocycles. The van der Waals surface area contributed by atoms with Crippen molar-refractivity contribution in [3.05, 3.63) is 48.0 Å². The Morgan fingerprint density at radius 1 is 1.00 bits per heavy atom. The normalized spacial score (nSPS) is 15.6. The van der Waals surface area contributed by atoms with Gasteiger partial charge in [0.2, 0.25) is 5.91 Å². The topological polar surface area (TPSA) is 90.0 Å². The quantitative estimate of drug-likeness (QED) is 0.755. The Morgan fingerprint density at radius 2 is 1.66 bits per heavy atom. The molecule has 1 aliphatic heterocycles. The smallest absolute Gasteiger partial charge is 0.281 e. The Labute approximate surface area is 171 Å². The third-order valence-electron chi connectivity index (χ3n) is 5.02. The molecular weight excluding hydrogens is 392 g/mol. The van der Waals surface area contributed by atoms with Gasteiger partial charge >= 0.3 is 0 Å². The molecule has 0 unspecified atom stereocenters. The summed E-state index contributed by atoms with van der Waals surface area (Å²) in [5.74, 6) is -0.309. The van der Waals surface area contributed by atoms with E-state index in [4.69, 9.17) is 0 Å². The van der Waals surface area contributed by atoms with Crippen LogP contribution in [0.5, 0.6) is 0 Å². The van der Waals surface area contributed by atoms with Gasteiger partial charge in [-0.05, 0) is 22.9 Å². The predicted octanol–water partition coefficient (Wildman–Crippen LogP) is 0.910. The van der Waals surface area contributed by atoms with E-state index in [1.54, 1.807) is 11.0 Å². The molecule has 29 heavy (non-hydrogen) atoms.